The lowest BCUT2D eigenvalue weighted by Gasteiger charge is -2.16. The minimum absolute atomic E-state index is 0.0680. The molecule has 0 heterocycles. The van der Waals surface area contributed by atoms with Gasteiger partial charge in [0.2, 0.25) is 10.0 Å². The number of ether oxygens (including phenoxy) is 1. The molecule has 0 fully saturated rings. The van der Waals surface area contributed by atoms with Crippen LogP contribution in [0.4, 0.5) is 0 Å². The Morgan fingerprint density at radius 1 is 1.29 bits per heavy atom. The van der Waals surface area contributed by atoms with E-state index in [1.54, 1.807) is 13.0 Å². The van der Waals surface area contributed by atoms with Gasteiger partial charge in [0, 0.05) is 5.75 Å². The number of carbonyl (C=O) groups is 1. The van der Waals surface area contributed by atoms with Gasteiger partial charge in [-0.25, -0.2) is 16.8 Å². The molecule has 1 atom stereocenters. The van der Waals surface area contributed by atoms with E-state index in [9.17, 15) is 26.7 Å². The second-order valence-electron chi connectivity index (χ2n) is 5.19. The smallest absolute Gasteiger partial charge is 0.321 e. The average molecular weight is 379 g/mol. The summed E-state index contributed by atoms with van der Waals surface area (Å²) in [5.41, 5.74) is 0.650. The number of sulfone groups is 1. The van der Waals surface area contributed by atoms with E-state index in [1.807, 2.05) is 4.72 Å². The molecule has 8 nitrogen and oxygen atoms in total. The number of benzene rings is 1. The van der Waals surface area contributed by atoms with Crippen LogP contribution >= 0.6 is 0 Å². The van der Waals surface area contributed by atoms with Gasteiger partial charge in [-0.15, -0.1) is 0 Å². The molecule has 1 aromatic rings. The molecular weight excluding hydrogens is 358 g/mol. The summed E-state index contributed by atoms with van der Waals surface area (Å²) in [6.45, 7) is 3.12. The summed E-state index contributed by atoms with van der Waals surface area (Å²) in [5.74, 6) is -1.94. The normalized spacial score (nSPS) is 13.5. The Morgan fingerprint density at radius 2 is 1.92 bits per heavy atom. The van der Waals surface area contributed by atoms with Crippen LogP contribution in [0.1, 0.15) is 18.9 Å². The van der Waals surface area contributed by atoms with Gasteiger partial charge < -0.3 is 9.84 Å². The molecule has 1 aromatic carbocycles. The van der Waals surface area contributed by atoms with Gasteiger partial charge in [-0.05, 0) is 31.0 Å². The SMILES string of the molecule is CCS(=O)(=O)CCC(NS(=O)(=O)c1cc(C)ccc1OC)C(=O)O. The Bertz CT molecular complexity index is 800. The third-order valence-electron chi connectivity index (χ3n) is 3.36. The van der Waals surface area contributed by atoms with Crippen molar-refractivity contribution in [1.29, 1.82) is 0 Å². The number of rotatable bonds is 9. The topological polar surface area (TPSA) is 127 Å². The monoisotopic (exact) mass is 379 g/mol. The number of sulfonamides is 1. The quantitative estimate of drug-likeness (QED) is 0.642. The van der Waals surface area contributed by atoms with Crippen molar-refractivity contribution in [3.05, 3.63) is 23.8 Å². The van der Waals surface area contributed by atoms with Crippen LogP contribution in [0.25, 0.3) is 0 Å². The van der Waals surface area contributed by atoms with Crippen LogP contribution in [0.2, 0.25) is 0 Å². The van der Waals surface area contributed by atoms with Gasteiger partial charge in [0.15, 0.2) is 0 Å². The highest BCUT2D eigenvalue weighted by molar-refractivity contribution is 7.91. The molecular formula is C14H21NO7S2. The minimum atomic E-state index is -4.19. The van der Waals surface area contributed by atoms with Crippen molar-refractivity contribution in [2.75, 3.05) is 18.6 Å². The molecule has 0 saturated carbocycles. The highest BCUT2D eigenvalue weighted by atomic mass is 32.2. The van der Waals surface area contributed by atoms with Crippen LogP contribution in [0.15, 0.2) is 23.1 Å². The van der Waals surface area contributed by atoms with E-state index >= 15 is 0 Å². The minimum Gasteiger partial charge on any atom is -0.495 e. The van der Waals surface area contributed by atoms with Gasteiger partial charge in [0.05, 0.1) is 12.9 Å². The van der Waals surface area contributed by atoms with E-state index in [1.165, 1.54) is 26.2 Å². The fourth-order valence-corrected chi connectivity index (χ4v) is 4.28. The lowest BCUT2D eigenvalue weighted by atomic mass is 10.2. The van der Waals surface area contributed by atoms with Gasteiger partial charge in [-0.1, -0.05) is 13.0 Å². The fourth-order valence-electron chi connectivity index (χ4n) is 1.92. The van der Waals surface area contributed by atoms with E-state index in [2.05, 4.69) is 0 Å². The Kier molecular flexibility index (Phi) is 6.76. The first-order chi connectivity index (χ1) is 11.0. The summed E-state index contributed by atoms with van der Waals surface area (Å²) in [6, 6.07) is 2.91. The number of hydrogen-bond acceptors (Lipinski definition) is 6. The summed E-state index contributed by atoms with van der Waals surface area (Å²) in [4.78, 5) is 11.1. The summed E-state index contributed by atoms with van der Waals surface area (Å²) in [5, 5.41) is 9.18. The molecule has 0 aromatic heterocycles. The number of carboxylic acid groups (broad SMARTS) is 1. The third kappa shape index (κ3) is 5.46. The van der Waals surface area contributed by atoms with E-state index < -0.39 is 37.6 Å². The fraction of sp³-hybridized carbons (Fsp3) is 0.500. The molecule has 0 radical (unpaired) electrons. The summed E-state index contributed by atoms with van der Waals surface area (Å²) in [7, 11) is -6.31. The van der Waals surface area contributed by atoms with Crippen molar-refractivity contribution in [1.82, 2.24) is 4.72 Å². The standard InChI is InChI=1S/C14H21NO7S2/c1-4-23(18,19)8-7-11(14(16)17)15-24(20,21)13-9-10(2)5-6-12(13)22-3/h5-6,9,11,15H,4,7-8H2,1-3H3,(H,16,17). The van der Waals surface area contributed by atoms with Gasteiger partial charge in [-0.2, -0.15) is 4.72 Å². The molecule has 1 rings (SSSR count). The molecule has 0 aliphatic heterocycles. The largest absolute Gasteiger partial charge is 0.495 e. The second-order valence-corrected chi connectivity index (χ2v) is 9.35. The lowest BCUT2D eigenvalue weighted by molar-refractivity contribution is -0.139. The van der Waals surface area contributed by atoms with Crippen molar-refractivity contribution < 1.29 is 31.5 Å². The zero-order valence-electron chi connectivity index (χ0n) is 13.6. The predicted octanol–water partition coefficient (Wildman–Crippen LogP) is 0.560. The van der Waals surface area contributed by atoms with Crippen LogP contribution in [-0.4, -0.2) is 52.6 Å². The predicted molar refractivity (Wildman–Crippen MR) is 88.4 cm³/mol. The van der Waals surface area contributed by atoms with Crippen molar-refractivity contribution in [3.63, 3.8) is 0 Å². The third-order valence-corrected chi connectivity index (χ3v) is 6.59. The Morgan fingerprint density at radius 3 is 2.42 bits per heavy atom. The maximum atomic E-state index is 12.5. The first-order valence-corrected chi connectivity index (χ1v) is 10.4. The highest BCUT2D eigenvalue weighted by Gasteiger charge is 2.28. The van der Waals surface area contributed by atoms with E-state index in [4.69, 9.17) is 4.74 Å². The number of methoxy groups -OCH3 is 1. The first-order valence-electron chi connectivity index (χ1n) is 7.12. The highest BCUT2D eigenvalue weighted by Crippen LogP contribution is 2.25. The first kappa shape index (κ1) is 20.4. The summed E-state index contributed by atoms with van der Waals surface area (Å²) >= 11 is 0. The van der Waals surface area contributed by atoms with E-state index in [0.717, 1.165) is 0 Å². The van der Waals surface area contributed by atoms with Crippen LogP contribution < -0.4 is 9.46 Å². The molecule has 1 unspecified atom stereocenters. The molecule has 0 bridgehead atoms. The molecule has 0 aliphatic rings. The Hall–Kier alpha value is -1.65. The second kappa shape index (κ2) is 7.95. The molecule has 0 aliphatic carbocycles. The average Bonchev–Trinajstić information content (AvgIpc) is 2.51. The molecule has 24 heavy (non-hydrogen) atoms. The Balaban J connectivity index is 3.09. The van der Waals surface area contributed by atoms with Crippen LogP contribution in [0, 0.1) is 6.92 Å². The number of hydrogen-bond donors (Lipinski definition) is 2. The maximum Gasteiger partial charge on any atom is 0.321 e. The summed E-state index contributed by atoms with van der Waals surface area (Å²) < 4.78 is 55.0. The van der Waals surface area contributed by atoms with E-state index in [0.29, 0.717) is 5.56 Å². The number of carboxylic acids is 1. The van der Waals surface area contributed by atoms with Gasteiger partial charge in [-0.3, -0.25) is 4.79 Å². The van der Waals surface area contributed by atoms with Gasteiger partial charge in [0.1, 0.15) is 26.5 Å². The number of aliphatic carboxylic acids is 1. The van der Waals surface area contributed by atoms with Crippen molar-refractivity contribution in [2.24, 2.45) is 0 Å². The van der Waals surface area contributed by atoms with Crippen LogP contribution in [0.3, 0.4) is 0 Å². The molecule has 136 valence electrons. The van der Waals surface area contributed by atoms with Crippen molar-refractivity contribution in [3.8, 4) is 5.75 Å². The Labute approximate surface area is 141 Å². The van der Waals surface area contributed by atoms with E-state index in [-0.39, 0.29) is 22.8 Å². The van der Waals surface area contributed by atoms with Crippen LogP contribution in [0.5, 0.6) is 5.75 Å². The molecule has 0 spiro atoms. The van der Waals surface area contributed by atoms with Crippen molar-refractivity contribution >= 4 is 25.8 Å². The molecule has 0 amide bonds. The lowest BCUT2D eigenvalue weighted by Crippen LogP contribution is -2.42. The molecule has 10 heteroatoms. The number of nitrogens with one attached hydrogen (secondary N) is 1. The zero-order valence-corrected chi connectivity index (χ0v) is 15.3. The summed E-state index contributed by atoms with van der Waals surface area (Å²) in [6.07, 6.45) is -0.362. The molecule has 0 saturated heterocycles. The van der Waals surface area contributed by atoms with Crippen molar-refractivity contribution in [2.45, 2.75) is 31.2 Å². The van der Waals surface area contributed by atoms with Crippen LogP contribution in [-0.2, 0) is 24.7 Å². The zero-order chi connectivity index (χ0) is 18.5. The molecule has 2 N–H and O–H groups in total. The number of aryl methyl sites for hydroxylation is 1. The maximum absolute atomic E-state index is 12.5. The van der Waals surface area contributed by atoms with Gasteiger partial charge in [0.25, 0.3) is 0 Å². The van der Waals surface area contributed by atoms with Gasteiger partial charge >= 0.3 is 5.97 Å².